The molecule has 33 heavy (non-hydrogen) atoms. The number of nitrogens with one attached hydrogen (secondary N) is 1. The van der Waals surface area contributed by atoms with E-state index in [1.54, 1.807) is 23.2 Å². The second-order valence-corrected chi connectivity index (χ2v) is 9.31. The second kappa shape index (κ2) is 10.3. The molecule has 170 valence electrons. The number of anilines is 1. The van der Waals surface area contributed by atoms with E-state index in [0.717, 1.165) is 18.4 Å². The first kappa shape index (κ1) is 23.2. The maximum Gasteiger partial charge on any atom is 0.267 e. The van der Waals surface area contributed by atoms with E-state index in [0.29, 0.717) is 27.2 Å². The molecule has 1 amide bonds. The van der Waals surface area contributed by atoms with Crippen LogP contribution in [0.2, 0.25) is 0 Å². The summed E-state index contributed by atoms with van der Waals surface area (Å²) in [4.78, 5) is 32.9. The summed E-state index contributed by atoms with van der Waals surface area (Å²) in [6.45, 7) is 2.51. The van der Waals surface area contributed by atoms with Gasteiger partial charge in [-0.2, -0.15) is 0 Å². The number of benzene rings is 1. The van der Waals surface area contributed by atoms with Crippen molar-refractivity contribution in [3.8, 4) is 0 Å². The minimum Gasteiger partial charge on any atom is -0.395 e. The van der Waals surface area contributed by atoms with Crippen molar-refractivity contribution >= 4 is 51.7 Å². The second-order valence-electron chi connectivity index (χ2n) is 7.64. The number of aromatic nitrogens is 2. The highest BCUT2D eigenvalue weighted by Crippen LogP contribution is 2.33. The number of aryl methyl sites for hydroxylation is 2. The fourth-order valence-electron chi connectivity index (χ4n) is 3.66. The first-order valence-electron chi connectivity index (χ1n) is 10.7. The zero-order valence-electron chi connectivity index (χ0n) is 18.2. The van der Waals surface area contributed by atoms with E-state index in [1.807, 2.05) is 31.2 Å². The Morgan fingerprint density at radius 1 is 1.18 bits per heavy atom. The van der Waals surface area contributed by atoms with E-state index in [2.05, 4.69) is 22.4 Å². The molecular weight excluding hydrogens is 456 g/mol. The van der Waals surface area contributed by atoms with Crippen molar-refractivity contribution in [2.75, 3.05) is 25.0 Å². The minimum atomic E-state index is -0.293. The molecule has 3 aromatic rings. The third kappa shape index (κ3) is 5.00. The van der Waals surface area contributed by atoms with Gasteiger partial charge in [0.05, 0.1) is 17.1 Å². The minimum absolute atomic E-state index is 0.113. The lowest BCUT2D eigenvalue weighted by molar-refractivity contribution is -0.122. The predicted octanol–water partition coefficient (Wildman–Crippen LogP) is 3.24. The quantitative estimate of drug-likeness (QED) is 0.378. The molecule has 9 heteroatoms. The van der Waals surface area contributed by atoms with Gasteiger partial charge in [0.2, 0.25) is 0 Å². The number of aliphatic hydroxyl groups excluding tert-OH is 1. The van der Waals surface area contributed by atoms with E-state index < -0.39 is 0 Å². The lowest BCUT2D eigenvalue weighted by Crippen LogP contribution is -2.29. The molecule has 1 aliphatic heterocycles. The molecule has 0 radical (unpaired) electrons. The van der Waals surface area contributed by atoms with Crippen LogP contribution in [0.5, 0.6) is 0 Å². The first-order chi connectivity index (χ1) is 16.0. The molecule has 0 spiro atoms. The Hall–Kier alpha value is -3.01. The number of fused-ring (bicyclic) bond motifs is 1. The molecule has 2 aromatic heterocycles. The van der Waals surface area contributed by atoms with Gasteiger partial charge in [-0.05, 0) is 43.0 Å². The third-order valence-electron chi connectivity index (χ3n) is 5.33. The van der Waals surface area contributed by atoms with Crippen LogP contribution in [0.15, 0.2) is 58.4 Å². The van der Waals surface area contributed by atoms with Crippen molar-refractivity contribution in [2.45, 2.75) is 19.8 Å². The van der Waals surface area contributed by atoms with Gasteiger partial charge in [0.1, 0.15) is 15.8 Å². The summed E-state index contributed by atoms with van der Waals surface area (Å²) in [5, 5.41) is 12.2. The first-order valence-corrected chi connectivity index (χ1v) is 11.9. The van der Waals surface area contributed by atoms with Gasteiger partial charge in [0, 0.05) is 19.3 Å². The molecule has 4 rings (SSSR count). The Bertz CT molecular complexity index is 1290. The lowest BCUT2D eigenvalue weighted by atomic mass is 10.1. The van der Waals surface area contributed by atoms with Crippen LogP contribution in [0.3, 0.4) is 0 Å². The Morgan fingerprint density at radius 2 is 1.97 bits per heavy atom. The molecule has 3 heterocycles. The topological polar surface area (TPSA) is 86.9 Å². The summed E-state index contributed by atoms with van der Waals surface area (Å²) >= 11 is 6.64. The lowest BCUT2D eigenvalue weighted by Gasteiger charge is -2.14. The molecule has 0 saturated carbocycles. The summed E-state index contributed by atoms with van der Waals surface area (Å²) in [6.07, 6.45) is 4.84. The van der Waals surface area contributed by atoms with Crippen molar-refractivity contribution in [1.29, 1.82) is 0 Å². The van der Waals surface area contributed by atoms with E-state index in [-0.39, 0.29) is 30.2 Å². The van der Waals surface area contributed by atoms with Crippen molar-refractivity contribution in [3.63, 3.8) is 0 Å². The zero-order valence-corrected chi connectivity index (χ0v) is 19.8. The molecule has 1 saturated heterocycles. The number of thioether (sulfide) groups is 1. The monoisotopic (exact) mass is 480 g/mol. The van der Waals surface area contributed by atoms with Crippen LogP contribution in [0.4, 0.5) is 5.82 Å². The number of carbonyl (C=O) groups is 1. The average Bonchev–Trinajstić information content (AvgIpc) is 3.08. The number of nitrogens with zero attached hydrogens (tertiary/aromatic N) is 3. The maximum atomic E-state index is 13.3. The van der Waals surface area contributed by atoms with Gasteiger partial charge in [0.15, 0.2) is 0 Å². The van der Waals surface area contributed by atoms with Gasteiger partial charge in [0.25, 0.3) is 11.5 Å². The number of pyridine rings is 1. The number of thiocarbonyl (C=S) groups is 1. The van der Waals surface area contributed by atoms with E-state index in [1.165, 1.54) is 21.7 Å². The molecule has 1 fully saturated rings. The Labute approximate surface area is 201 Å². The van der Waals surface area contributed by atoms with E-state index in [9.17, 15) is 14.7 Å². The predicted molar refractivity (Wildman–Crippen MR) is 136 cm³/mol. The number of hydrogen-bond acceptors (Lipinski definition) is 7. The van der Waals surface area contributed by atoms with Gasteiger partial charge in [-0.1, -0.05) is 60.4 Å². The number of aliphatic hydroxyl groups is 1. The van der Waals surface area contributed by atoms with Crippen molar-refractivity contribution in [1.82, 2.24) is 14.3 Å². The molecular formula is C24H24N4O3S2. The molecule has 1 aliphatic rings. The zero-order chi connectivity index (χ0) is 23.4. The van der Waals surface area contributed by atoms with Gasteiger partial charge in [-0.3, -0.25) is 18.9 Å². The fraction of sp³-hybridized carbons (Fsp3) is 0.250. The van der Waals surface area contributed by atoms with Crippen LogP contribution in [-0.2, 0) is 11.2 Å². The normalized spacial score (nSPS) is 15.1. The van der Waals surface area contributed by atoms with Crippen LogP contribution >= 0.6 is 24.0 Å². The van der Waals surface area contributed by atoms with Crippen LogP contribution < -0.4 is 10.9 Å². The van der Waals surface area contributed by atoms with Crippen LogP contribution in [0.1, 0.15) is 23.1 Å². The molecule has 7 nitrogen and oxygen atoms in total. The summed E-state index contributed by atoms with van der Waals surface area (Å²) in [5.41, 5.74) is 2.55. The SMILES string of the molecule is Cc1cccn2c(=O)c(/C=C3\SC(=S)N(CCCc4ccccc4)C3=O)c(NCCO)nc12. The Kier molecular flexibility index (Phi) is 7.22. The summed E-state index contributed by atoms with van der Waals surface area (Å²) in [6, 6.07) is 13.8. The molecule has 0 unspecified atom stereocenters. The highest BCUT2D eigenvalue weighted by Gasteiger charge is 2.32. The Balaban J connectivity index is 1.62. The van der Waals surface area contributed by atoms with E-state index in [4.69, 9.17) is 12.2 Å². The summed E-state index contributed by atoms with van der Waals surface area (Å²) < 4.78 is 1.94. The Morgan fingerprint density at radius 3 is 2.73 bits per heavy atom. The van der Waals surface area contributed by atoms with Crippen molar-refractivity contribution in [3.05, 3.63) is 80.6 Å². The fourth-order valence-corrected chi connectivity index (χ4v) is 4.95. The number of carbonyl (C=O) groups excluding carboxylic acids is 1. The molecule has 0 atom stereocenters. The van der Waals surface area contributed by atoms with Crippen LogP contribution in [0, 0.1) is 6.92 Å². The average molecular weight is 481 g/mol. The van der Waals surface area contributed by atoms with Gasteiger partial charge in [-0.25, -0.2) is 4.98 Å². The summed E-state index contributed by atoms with van der Waals surface area (Å²) in [7, 11) is 0. The maximum absolute atomic E-state index is 13.3. The highest BCUT2D eigenvalue weighted by molar-refractivity contribution is 8.26. The molecule has 2 N–H and O–H groups in total. The smallest absolute Gasteiger partial charge is 0.267 e. The molecule has 0 bridgehead atoms. The number of rotatable bonds is 8. The summed E-state index contributed by atoms with van der Waals surface area (Å²) in [5.74, 6) is 0.123. The highest BCUT2D eigenvalue weighted by atomic mass is 32.2. The van der Waals surface area contributed by atoms with Gasteiger partial charge in [-0.15, -0.1) is 0 Å². The molecule has 0 aliphatic carbocycles. The van der Waals surface area contributed by atoms with Crippen molar-refractivity contribution < 1.29 is 9.90 Å². The number of amides is 1. The van der Waals surface area contributed by atoms with Gasteiger partial charge >= 0.3 is 0 Å². The molecule has 1 aromatic carbocycles. The number of hydrogen-bond donors (Lipinski definition) is 2. The standard InChI is InChI=1S/C24H24N4O3S2/c1-16-7-5-12-27-21(16)26-20(25-11-14-29)18(22(27)30)15-19-23(31)28(24(32)33-19)13-6-10-17-8-3-2-4-9-17/h2-5,7-9,12,15,25,29H,6,10-11,13-14H2,1H3/b19-15-. The van der Waals surface area contributed by atoms with Gasteiger partial charge < -0.3 is 10.4 Å². The van der Waals surface area contributed by atoms with Crippen molar-refractivity contribution in [2.24, 2.45) is 0 Å². The third-order valence-corrected chi connectivity index (χ3v) is 6.71. The van der Waals surface area contributed by atoms with Crippen LogP contribution in [-0.4, -0.2) is 49.3 Å². The largest absolute Gasteiger partial charge is 0.395 e. The van der Waals surface area contributed by atoms with E-state index >= 15 is 0 Å². The van der Waals surface area contributed by atoms with Crippen LogP contribution in [0.25, 0.3) is 11.7 Å².